The van der Waals surface area contributed by atoms with Crippen LogP contribution in [0.4, 0.5) is 8.78 Å². The Morgan fingerprint density at radius 2 is 1.81 bits per heavy atom. The molecule has 1 aliphatic heterocycles. The molecule has 7 nitrogen and oxygen atoms in total. The van der Waals surface area contributed by atoms with Crippen molar-refractivity contribution in [3.05, 3.63) is 29.8 Å². The Hall–Kier alpha value is -1.78. The average Bonchev–Trinajstić information content (AvgIpc) is 2.61. The summed E-state index contributed by atoms with van der Waals surface area (Å²) in [4.78, 5) is 11.5. The lowest BCUT2D eigenvalue weighted by molar-refractivity contribution is -0.146. The van der Waals surface area contributed by atoms with Crippen molar-refractivity contribution in [3.8, 4) is 5.75 Å². The molecular weight excluding hydrogens is 370 g/mol. The van der Waals surface area contributed by atoms with Crippen LogP contribution in [0.5, 0.6) is 5.75 Å². The Bertz CT molecular complexity index is 704. The fourth-order valence-corrected chi connectivity index (χ4v) is 4.23. The van der Waals surface area contributed by atoms with Gasteiger partial charge in [-0.3, -0.25) is 4.79 Å². The number of nitrogens with one attached hydrogen (secondary N) is 1. The molecule has 1 saturated heterocycles. The third-order valence-electron chi connectivity index (χ3n) is 4.26. The molecule has 1 aromatic rings. The third-order valence-corrected chi connectivity index (χ3v) is 5.96. The first kappa shape index (κ1) is 20.5. The zero-order valence-electron chi connectivity index (χ0n) is 14.5. The Balaban J connectivity index is 1.95. The molecule has 0 radical (unpaired) electrons. The maximum absolute atomic E-state index is 12.5. The number of hydrogen-bond donors (Lipinski definition) is 1. The Morgan fingerprint density at radius 3 is 2.31 bits per heavy atom. The van der Waals surface area contributed by atoms with E-state index >= 15 is 0 Å². The number of methoxy groups -OCH3 is 1. The van der Waals surface area contributed by atoms with Gasteiger partial charge in [-0.2, -0.15) is 26.2 Å². The Morgan fingerprint density at radius 1 is 1.23 bits per heavy atom. The van der Waals surface area contributed by atoms with Gasteiger partial charge >= 0.3 is 12.6 Å². The minimum atomic E-state index is -3.74. The summed E-state index contributed by atoms with van der Waals surface area (Å²) in [5.41, 5.74) is 0.611. The monoisotopic (exact) mass is 392 g/mol. The second-order valence-corrected chi connectivity index (χ2v) is 7.69. The highest BCUT2D eigenvalue weighted by Crippen LogP contribution is 2.23. The largest absolute Gasteiger partial charge is 0.469 e. The first-order chi connectivity index (χ1) is 12.2. The fraction of sp³-hybridized carbons (Fsp3) is 0.562. The quantitative estimate of drug-likeness (QED) is 0.718. The zero-order chi connectivity index (χ0) is 19.3. The predicted molar refractivity (Wildman–Crippen MR) is 89.9 cm³/mol. The smallest absolute Gasteiger partial charge is 0.387 e. The number of carbonyl (C=O) groups is 1. The molecule has 0 aliphatic carbocycles. The number of hydrogen-bond acceptors (Lipinski definition) is 5. The van der Waals surface area contributed by atoms with Gasteiger partial charge in [-0.1, -0.05) is 12.1 Å². The topological polar surface area (TPSA) is 84.9 Å². The molecule has 1 aliphatic rings. The summed E-state index contributed by atoms with van der Waals surface area (Å²) in [7, 11) is -2.42. The summed E-state index contributed by atoms with van der Waals surface area (Å²) in [5, 5.41) is 0. The van der Waals surface area contributed by atoms with Crippen molar-refractivity contribution in [2.24, 2.45) is 5.92 Å². The third kappa shape index (κ3) is 5.36. The van der Waals surface area contributed by atoms with Gasteiger partial charge in [-0.05, 0) is 37.5 Å². The van der Waals surface area contributed by atoms with Crippen molar-refractivity contribution in [1.29, 1.82) is 0 Å². The molecule has 1 aromatic carbocycles. The van der Waals surface area contributed by atoms with Crippen LogP contribution >= 0.6 is 0 Å². The number of esters is 1. The molecular formula is C16H22F2N2O5S. The molecule has 1 unspecified atom stereocenters. The van der Waals surface area contributed by atoms with Gasteiger partial charge in [0.2, 0.25) is 0 Å². The fourth-order valence-electron chi connectivity index (χ4n) is 2.80. The number of carbonyl (C=O) groups excluding carboxylic acids is 1. The minimum Gasteiger partial charge on any atom is -0.469 e. The maximum atomic E-state index is 12.5. The van der Waals surface area contributed by atoms with Gasteiger partial charge in [0, 0.05) is 19.1 Å². The van der Waals surface area contributed by atoms with E-state index < -0.39 is 22.9 Å². The van der Waals surface area contributed by atoms with E-state index in [-0.39, 0.29) is 30.7 Å². The van der Waals surface area contributed by atoms with E-state index in [1.807, 2.05) is 0 Å². The highest BCUT2D eigenvalue weighted by atomic mass is 32.2. The van der Waals surface area contributed by atoms with Gasteiger partial charge in [0.05, 0.1) is 13.0 Å². The number of alkyl halides is 2. The summed E-state index contributed by atoms with van der Waals surface area (Å²) in [5.74, 6) is -0.607. The van der Waals surface area contributed by atoms with Crippen LogP contribution in [0.1, 0.15) is 31.4 Å². The van der Waals surface area contributed by atoms with Crippen LogP contribution < -0.4 is 9.46 Å². The molecule has 146 valence electrons. The van der Waals surface area contributed by atoms with Crippen molar-refractivity contribution in [1.82, 2.24) is 9.03 Å². The number of piperidine rings is 1. The molecule has 1 atom stereocenters. The molecule has 0 spiro atoms. The number of benzene rings is 1. The van der Waals surface area contributed by atoms with Crippen molar-refractivity contribution >= 4 is 16.2 Å². The van der Waals surface area contributed by atoms with Crippen LogP contribution in [0.15, 0.2) is 24.3 Å². The van der Waals surface area contributed by atoms with E-state index in [0.717, 1.165) is 0 Å². The van der Waals surface area contributed by atoms with Crippen LogP contribution in [0.25, 0.3) is 0 Å². The zero-order valence-corrected chi connectivity index (χ0v) is 15.3. The predicted octanol–water partition coefficient (Wildman–Crippen LogP) is 2.07. The first-order valence-electron chi connectivity index (χ1n) is 8.13. The SMILES string of the molecule is COC(=O)C1CCN(S(=O)(=O)NC(C)c2ccc(OC(F)F)cc2)CC1. The van der Waals surface area contributed by atoms with Crippen LogP contribution in [0.2, 0.25) is 0 Å². The molecule has 1 N–H and O–H groups in total. The van der Waals surface area contributed by atoms with Gasteiger partial charge in [-0.25, -0.2) is 0 Å². The Labute approximate surface area is 151 Å². The lowest BCUT2D eigenvalue weighted by Crippen LogP contribution is -2.46. The number of halogens is 2. The second-order valence-electron chi connectivity index (χ2n) is 5.99. The molecule has 1 heterocycles. The normalized spacial score (nSPS) is 17.9. The average molecular weight is 392 g/mol. The standard InChI is InChI=1S/C16H22F2N2O5S/c1-11(12-3-5-14(6-4-12)25-16(17)18)19-26(22,23)20-9-7-13(8-10-20)15(21)24-2/h3-6,11,13,16,19H,7-10H2,1-2H3. The summed E-state index contributed by atoms with van der Waals surface area (Å²) in [6.07, 6.45) is 0.809. The van der Waals surface area contributed by atoms with Crippen LogP contribution in [0, 0.1) is 5.92 Å². The molecule has 0 amide bonds. The minimum absolute atomic E-state index is 0.00342. The lowest BCUT2D eigenvalue weighted by atomic mass is 9.99. The Kier molecular flexibility index (Phi) is 6.90. The summed E-state index contributed by atoms with van der Waals surface area (Å²) in [6, 6.07) is 5.20. The van der Waals surface area contributed by atoms with Crippen molar-refractivity contribution in [2.45, 2.75) is 32.4 Å². The van der Waals surface area contributed by atoms with Gasteiger partial charge < -0.3 is 9.47 Å². The van der Waals surface area contributed by atoms with Crippen molar-refractivity contribution in [2.75, 3.05) is 20.2 Å². The van der Waals surface area contributed by atoms with E-state index in [9.17, 15) is 22.0 Å². The van der Waals surface area contributed by atoms with Crippen LogP contribution in [-0.2, 0) is 19.7 Å². The van der Waals surface area contributed by atoms with Crippen LogP contribution in [-0.4, -0.2) is 45.5 Å². The summed E-state index contributed by atoms with van der Waals surface area (Å²) in [6.45, 7) is -0.807. The molecule has 2 rings (SSSR count). The maximum Gasteiger partial charge on any atom is 0.387 e. The highest BCUT2D eigenvalue weighted by molar-refractivity contribution is 7.87. The molecule has 1 fully saturated rings. The molecule has 0 saturated carbocycles. The van der Waals surface area contributed by atoms with Gasteiger partial charge in [0.25, 0.3) is 10.2 Å². The molecule has 0 bridgehead atoms. The summed E-state index contributed by atoms with van der Waals surface area (Å²) >= 11 is 0. The van der Waals surface area contributed by atoms with Crippen molar-refractivity contribution < 1.29 is 31.5 Å². The first-order valence-corrected chi connectivity index (χ1v) is 9.57. The summed E-state index contributed by atoms with van der Waals surface area (Å²) < 4.78 is 62.1. The number of nitrogens with zero attached hydrogens (tertiary/aromatic N) is 1. The highest BCUT2D eigenvalue weighted by Gasteiger charge is 2.32. The number of rotatable bonds is 7. The molecule has 10 heteroatoms. The van der Waals surface area contributed by atoms with Gasteiger partial charge in [-0.15, -0.1) is 0 Å². The van der Waals surface area contributed by atoms with Gasteiger partial charge in [0.15, 0.2) is 0 Å². The van der Waals surface area contributed by atoms with E-state index in [4.69, 9.17) is 0 Å². The number of ether oxygens (including phenoxy) is 2. The van der Waals surface area contributed by atoms with Gasteiger partial charge in [0.1, 0.15) is 5.75 Å². The molecule has 26 heavy (non-hydrogen) atoms. The van der Waals surface area contributed by atoms with E-state index in [1.54, 1.807) is 6.92 Å². The lowest BCUT2D eigenvalue weighted by Gasteiger charge is -2.31. The molecule has 0 aromatic heterocycles. The second kappa shape index (κ2) is 8.74. The van der Waals surface area contributed by atoms with Crippen LogP contribution in [0.3, 0.4) is 0 Å². The van der Waals surface area contributed by atoms with E-state index in [0.29, 0.717) is 18.4 Å². The van der Waals surface area contributed by atoms with E-state index in [1.165, 1.54) is 35.7 Å². The van der Waals surface area contributed by atoms with E-state index in [2.05, 4.69) is 14.2 Å². The van der Waals surface area contributed by atoms with Crippen molar-refractivity contribution in [3.63, 3.8) is 0 Å².